The molecule has 0 fully saturated rings. The highest BCUT2D eigenvalue weighted by Gasteiger charge is 2.44. The first-order valence-corrected chi connectivity index (χ1v) is 20.5. The van der Waals surface area contributed by atoms with E-state index in [0.29, 0.717) is 0 Å². The Bertz CT molecular complexity index is 2750. The van der Waals surface area contributed by atoms with Gasteiger partial charge in [-0.1, -0.05) is 54.6 Å². The van der Waals surface area contributed by atoms with Crippen LogP contribution in [0.1, 0.15) is 66.8 Å². The van der Waals surface area contributed by atoms with E-state index >= 15 is 0 Å². The van der Waals surface area contributed by atoms with Crippen LogP contribution in [0.4, 0.5) is 34.1 Å². The first-order valence-electron chi connectivity index (χ1n) is 20.5. The van der Waals surface area contributed by atoms with Crippen LogP contribution in [0, 0.1) is 83.1 Å². The van der Waals surface area contributed by atoms with Crippen LogP contribution in [0.5, 0.6) is 0 Å². The maximum absolute atomic E-state index is 2.56. The lowest BCUT2D eigenvalue weighted by molar-refractivity contribution is 1.20. The molecule has 2 aliphatic rings. The largest absolute Gasteiger partial charge is 0.311 e. The average molecular weight is 741 g/mol. The lowest BCUT2D eigenvalue weighted by atomic mass is 9.33. The van der Waals surface area contributed by atoms with Crippen molar-refractivity contribution in [2.24, 2.45) is 0 Å². The molecule has 0 radical (unpaired) electrons. The fourth-order valence-electron chi connectivity index (χ4n) is 9.49. The summed E-state index contributed by atoms with van der Waals surface area (Å²) in [6.45, 7) is 27.0. The molecule has 7 aromatic rings. The van der Waals surface area contributed by atoms with Gasteiger partial charge in [-0.3, -0.25) is 0 Å². The van der Waals surface area contributed by atoms with E-state index in [0.717, 1.165) is 0 Å². The van der Waals surface area contributed by atoms with E-state index in [4.69, 9.17) is 0 Å². The molecule has 0 N–H and O–H groups in total. The van der Waals surface area contributed by atoms with Gasteiger partial charge in [0.05, 0.1) is 0 Å². The van der Waals surface area contributed by atoms with Crippen molar-refractivity contribution < 1.29 is 0 Å². The fourth-order valence-corrected chi connectivity index (χ4v) is 9.49. The molecule has 2 nitrogen and oxygen atoms in total. The second-order valence-electron chi connectivity index (χ2n) is 17.3. The Morgan fingerprint density at radius 3 is 1.30 bits per heavy atom. The van der Waals surface area contributed by atoms with Crippen molar-refractivity contribution >= 4 is 57.2 Å². The smallest absolute Gasteiger partial charge is 0.252 e. The number of fused-ring (bicyclic) bond motifs is 4. The summed E-state index contributed by atoms with van der Waals surface area (Å²) in [4.78, 5) is 5.10. The lowest BCUT2D eigenvalue weighted by Crippen LogP contribution is -2.61. The second-order valence-corrected chi connectivity index (χ2v) is 17.3. The summed E-state index contributed by atoms with van der Waals surface area (Å²) < 4.78 is 0. The zero-order valence-electron chi connectivity index (χ0n) is 35.8. The fraction of sp³-hybridized carbons (Fsp3) is 0.222. The molecule has 0 unspecified atom stereocenters. The molecule has 0 saturated carbocycles. The van der Waals surface area contributed by atoms with Gasteiger partial charge < -0.3 is 9.80 Å². The van der Waals surface area contributed by atoms with Crippen LogP contribution < -0.4 is 26.2 Å². The first kappa shape index (κ1) is 36.8. The number of nitrogens with zero attached hydrogens (tertiary/aromatic N) is 2. The van der Waals surface area contributed by atoms with Crippen LogP contribution >= 0.6 is 0 Å². The van der Waals surface area contributed by atoms with Gasteiger partial charge in [-0.05, 0) is 237 Å². The van der Waals surface area contributed by atoms with Gasteiger partial charge in [0, 0.05) is 34.1 Å². The summed E-state index contributed by atoms with van der Waals surface area (Å²) in [5.41, 5.74) is 32.5. The molecule has 2 aliphatic heterocycles. The van der Waals surface area contributed by atoms with Crippen molar-refractivity contribution in [3.8, 4) is 22.3 Å². The monoisotopic (exact) mass is 740 g/mol. The zero-order valence-corrected chi connectivity index (χ0v) is 35.8. The number of rotatable bonds is 4. The molecule has 282 valence electrons. The predicted octanol–water partition coefficient (Wildman–Crippen LogP) is 12.8. The highest BCUT2D eigenvalue weighted by molar-refractivity contribution is 7.00. The molecule has 2 heterocycles. The SMILES string of the molecule is Cc1cc2c3c(c1)N(c1cc(C)c(C)c(C)c1)c1cc(C)c(C)cc1B3c1cc(-c3cc(C)c(C)c(C)c3)ccc1N2c1ccc(-c2cc(C)c(C)c(C)c2)cc1. The Labute approximate surface area is 340 Å². The van der Waals surface area contributed by atoms with Crippen molar-refractivity contribution in [1.82, 2.24) is 0 Å². The Balaban J connectivity index is 1.33. The third-order valence-electron chi connectivity index (χ3n) is 13.6. The number of hydrogen-bond donors (Lipinski definition) is 0. The van der Waals surface area contributed by atoms with Gasteiger partial charge >= 0.3 is 0 Å². The maximum atomic E-state index is 2.56. The van der Waals surface area contributed by atoms with E-state index in [-0.39, 0.29) is 6.71 Å². The highest BCUT2D eigenvalue weighted by Crippen LogP contribution is 2.46. The average Bonchev–Trinajstić information content (AvgIpc) is 3.18. The van der Waals surface area contributed by atoms with Crippen LogP contribution in [0.25, 0.3) is 22.3 Å². The minimum Gasteiger partial charge on any atom is -0.311 e. The van der Waals surface area contributed by atoms with Gasteiger partial charge in [-0.25, -0.2) is 0 Å². The minimum atomic E-state index is 0.0606. The van der Waals surface area contributed by atoms with Gasteiger partial charge in [0.2, 0.25) is 0 Å². The summed E-state index contributed by atoms with van der Waals surface area (Å²) in [6, 6.07) is 40.5. The molecule has 0 aromatic heterocycles. The Kier molecular flexibility index (Phi) is 8.66. The Morgan fingerprint density at radius 2 is 0.754 bits per heavy atom. The Hall–Kier alpha value is -5.80. The van der Waals surface area contributed by atoms with Gasteiger partial charge in [-0.15, -0.1) is 0 Å². The standard InChI is InChI=1S/C54H53BN2/c1-30-19-52-54-53(20-30)57(47-25-37(8)41(12)38(9)26-47)51-28-32(3)31(2)27-48(51)55(54)49-29-43(45-23-35(6)40(11)36(7)24-45)15-18-50(49)56(52)46-16-13-42(14-17-46)44-21-33(4)39(10)34(5)22-44/h13-29H,1-12H3. The number of aryl methyl sites for hydroxylation is 9. The van der Waals surface area contributed by atoms with E-state index in [1.807, 2.05) is 0 Å². The maximum Gasteiger partial charge on any atom is 0.252 e. The molecule has 0 saturated heterocycles. The van der Waals surface area contributed by atoms with Gasteiger partial charge in [0.1, 0.15) is 0 Å². The summed E-state index contributed by atoms with van der Waals surface area (Å²) in [6.07, 6.45) is 0. The van der Waals surface area contributed by atoms with Crippen LogP contribution in [0.2, 0.25) is 0 Å². The first-order chi connectivity index (χ1) is 27.2. The molecule has 0 amide bonds. The van der Waals surface area contributed by atoms with E-state index < -0.39 is 0 Å². The van der Waals surface area contributed by atoms with Crippen molar-refractivity contribution in [2.75, 3.05) is 9.80 Å². The zero-order chi connectivity index (χ0) is 40.2. The normalized spacial score (nSPS) is 12.8. The minimum absolute atomic E-state index is 0.0606. The van der Waals surface area contributed by atoms with Gasteiger partial charge in [-0.2, -0.15) is 0 Å². The van der Waals surface area contributed by atoms with E-state index in [9.17, 15) is 0 Å². The van der Waals surface area contributed by atoms with Crippen molar-refractivity contribution in [3.05, 3.63) is 170 Å². The van der Waals surface area contributed by atoms with Crippen molar-refractivity contribution in [1.29, 1.82) is 0 Å². The molecule has 0 bridgehead atoms. The number of anilines is 6. The molecule has 0 aliphatic carbocycles. The molecular weight excluding hydrogens is 687 g/mol. The third kappa shape index (κ3) is 5.85. The molecular formula is C54H53BN2. The van der Waals surface area contributed by atoms with Crippen LogP contribution in [0.3, 0.4) is 0 Å². The molecule has 7 aromatic carbocycles. The topological polar surface area (TPSA) is 6.48 Å². The Morgan fingerprint density at radius 1 is 0.316 bits per heavy atom. The molecule has 9 rings (SSSR count). The van der Waals surface area contributed by atoms with Crippen LogP contribution in [-0.2, 0) is 0 Å². The van der Waals surface area contributed by atoms with E-state index in [2.05, 4.69) is 196 Å². The summed E-state index contributed by atoms with van der Waals surface area (Å²) in [5.74, 6) is 0. The van der Waals surface area contributed by atoms with E-state index in [1.54, 1.807) is 0 Å². The molecule has 0 spiro atoms. The molecule has 0 atom stereocenters. The third-order valence-corrected chi connectivity index (χ3v) is 13.6. The van der Waals surface area contributed by atoms with Crippen LogP contribution in [0.15, 0.2) is 103 Å². The number of hydrogen-bond acceptors (Lipinski definition) is 2. The number of benzene rings is 7. The summed E-state index contributed by atoms with van der Waals surface area (Å²) >= 11 is 0. The second kappa shape index (κ2) is 13.4. The van der Waals surface area contributed by atoms with E-state index in [1.165, 1.54) is 140 Å². The van der Waals surface area contributed by atoms with Crippen molar-refractivity contribution in [3.63, 3.8) is 0 Å². The van der Waals surface area contributed by atoms with Gasteiger partial charge in [0.25, 0.3) is 6.71 Å². The van der Waals surface area contributed by atoms with Gasteiger partial charge in [0.15, 0.2) is 0 Å². The quantitative estimate of drug-likeness (QED) is 0.166. The predicted molar refractivity (Wildman–Crippen MR) is 248 cm³/mol. The summed E-state index contributed by atoms with van der Waals surface area (Å²) in [5, 5.41) is 0. The lowest BCUT2D eigenvalue weighted by Gasteiger charge is -2.45. The van der Waals surface area contributed by atoms with Crippen LogP contribution in [-0.4, -0.2) is 6.71 Å². The highest BCUT2D eigenvalue weighted by atomic mass is 15.2. The molecule has 3 heteroatoms. The molecule has 57 heavy (non-hydrogen) atoms. The van der Waals surface area contributed by atoms with Crippen molar-refractivity contribution in [2.45, 2.75) is 83.1 Å². The summed E-state index contributed by atoms with van der Waals surface area (Å²) in [7, 11) is 0.